The molecule has 0 saturated carbocycles. The van der Waals surface area contributed by atoms with Gasteiger partial charge in [-0.3, -0.25) is 10.1 Å². The first-order valence-electron chi connectivity index (χ1n) is 8.09. The van der Waals surface area contributed by atoms with Crippen LogP contribution in [0.4, 0.5) is 5.88 Å². The number of hydrogen-bond acceptors (Lipinski definition) is 6. The maximum Gasteiger partial charge on any atom is 0.277 e. The number of aryl methyl sites for hydroxylation is 1. The van der Waals surface area contributed by atoms with E-state index >= 15 is 0 Å². The molecule has 0 atom stereocenters. The fourth-order valence-electron chi connectivity index (χ4n) is 2.45. The molecule has 0 aliphatic carbocycles. The van der Waals surface area contributed by atoms with Crippen molar-refractivity contribution in [2.24, 2.45) is 0 Å². The summed E-state index contributed by atoms with van der Waals surface area (Å²) in [5, 5.41) is 9.01. The van der Waals surface area contributed by atoms with Crippen molar-refractivity contribution in [1.82, 2.24) is 10.1 Å². The lowest BCUT2D eigenvalue weighted by atomic mass is 10.1. The van der Waals surface area contributed by atoms with Gasteiger partial charge >= 0.3 is 0 Å². The summed E-state index contributed by atoms with van der Waals surface area (Å²) in [6.07, 6.45) is 2.55. The predicted molar refractivity (Wildman–Crippen MR) is 99.1 cm³/mol. The Morgan fingerprint density at radius 3 is 2.81 bits per heavy atom. The lowest BCUT2D eigenvalue weighted by Crippen LogP contribution is -2.11. The number of carbonyl (C=O) groups excluding carboxylic acids is 1. The van der Waals surface area contributed by atoms with E-state index in [0.717, 1.165) is 12.0 Å². The van der Waals surface area contributed by atoms with E-state index in [1.807, 2.05) is 24.3 Å². The molecular formula is C19H15N3O3S. The summed E-state index contributed by atoms with van der Waals surface area (Å²) in [5.41, 5.74) is 3.14. The van der Waals surface area contributed by atoms with E-state index in [1.54, 1.807) is 29.8 Å². The average molecular weight is 365 g/mol. The second kappa shape index (κ2) is 6.97. The molecule has 0 saturated heterocycles. The quantitative estimate of drug-likeness (QED) is 0.545. The first kappa shape index (κ1) is 16.3. The first-order valence-corrected chi connectivity index (χ1v) is 8.97. The van der Waals surface area contributed by atoms with Crippen LogP contribution in [0.1, 0.15) is 23.0 Å². The van der Waals surface area contributed by atoms with Gasteiger partial charge in [0.1, 0.15) is 11.4 Å². The zero-order valence-corrected chi connectivity index (χ0v) is 14.7. The molecule has 0 spiro atoms. The van der Waals surface area contributed by atoms with Crippen LogP contribution in [0.15, 0.2) is 63.0 Å². The van der Waals surface area contributed by atoms with Crippen LogP contribution in [-0.4, -0.2) is 16.0 Å². The summed E-state index contributed by atoms with van der Waals surface area (Å²) in [6.45, 7) is 2.11. The van der Waals surface area contributed by atoms with E-state index in [9.17, 15) is 4.79 Å². The van der Waals surface area contributed by atoms with E-state index in [1.165, 1.54) is 16.9 Å². The second-order valence-corrected chi connectivity index (χ2v) is 6.45. The summed E-state index contributed by atoms with van der Waals surface area (Å²) in [4.78, 5) is 16.6. The Balaban J connectivity index is 1.47. The van der Waals surface area contributed by atoms with E-state index in [2.05, 4.69) is 22.4 Å². The minimum atomic E-state index is -0.358. The Morgan fingerprint density at radius 1 is 1.23 bits per heavy atom. The number of amides is 1. The van der Waals surface area contributed by atoms with Crippen molar-refractivity contribution in [3.63, 3.8) is 0 Å². The molecule has 130 valence electrons. The molecule has 26 heavy (non-hydrogen) atoms. The van der Waals surface area contributed by atoms with Gasteiger partial charge in [0, 0.05) is 17.0 Å². The zero-order chi connectivity index (χ0) is 17.9. The van der Waals surface area contributed by atoms with E-state index in [0.29, 0.717) is 22.2 Å². The molecule has 0 aliphatic heterocycles. The van der Waals surface area contributed by atoms with Gasteiger partial charge in [0.25, 0.3) is 5.91 Å². The second-order valence-electron chi connectivity index (χ2n) is 5.60. The number of anilines is 1. The number of aromatic nitrogens is 2. The van der Waals surface area contributed by atoms with Crippen LogP contribution in [0.2, 0.25) is 0 Å². The Bertz CT molecular complexity index is 1020. The van der Waals surface area contributed by atoms with E-state index < -0.39 is 0 Å². The molecule has 1 N–H and O–H groups in total. The zero-order valence-electron chi connectivity index (χ0n) is 13.9. The minimum absolute atomic E-state index is 0.275. The molecule has 1 aromatic carbocycles. The monoisotopic (exact) mass is 365 g/mol. The molecule has 0 bridgehead atoms. The molecule has 1 amide bonds. The summed E-state index contributed by atoms with van der Waals surface area (Å²) >= 11 is 1.34. The Hall–Kier alpha value is -3.19. The number of benzene rings is 1. The number of nitrogens with one attached hydrogen (secondary N) is 1. The molecule has 6 nitrogen and oxygen atoms in total. The van der Waals surface area contributed by atoms with Crippen molar-refractivity contribution in [3.8, 4) is 22.0 Å². The lowest BCUT2D eigenvalue weighted by Gasteiger charge is -1.98. The molecule has 3 aromatic heterocycles. The van der Waals surface area contributed by atoms with Crippen molar-refractivity contribution in [1.29, 1.82) is 0 Å². The van der Waals surface area contributed by atoms with Gasteiger partial charge in [0.2, 0.25) is 5.88 Å². The Morgan fingerprint density at radius 2 is 2.08 bits per heavy atom. The van der Waals surface area contributed by atoms with Crippen molar-refractivity contribution in [2.45, 2.75) is 13.3 Å². The standard InChI is InChI=1S/C19H15N3O3S/c1-2-12-5-7-13(8-6-12)14-10-17(25-22-14)21-18(23)15-11-26-19(20-15)16-4-3-9-24-16/h3-11H,2H2,1H3,(H,21,23). The highest BCUT2D eigenvalue weighted by molar-refractivity contribution is 7.13. The van der Waals surface area contributed by atoms with Gasteiger partial charge in [-0.15, -0.1) is 11.3 Å². The highest BCUT2D eigenvalue weighted by atomic mass is 32.1. The fraction of sp³-hybridized carbons (Fsp3) is 0.105. The summed E-state index contributed by atoms with van der Waals surface area (Å²) in [5.74, 6) is 0.548. The van der Waals surface area contributed by atoms with Crippen LogP contribution < -0.4 is 5.32 Å². The van der Waals surface area contributed by atoms with Crippen molar-refractivity contribution in [2.75, 3.05) is 5.32 Å². The number of rotatable bonds is 5. The van der Waals surface area contributed by atoms with Crippen molar-refractivity contribution in [3.05, 3.63) is 65.4 Å². The van der Waals surface area contributed by atoms with Crippen LogP contribution in [-0.2, 0) is 6.42 Å². The van der Waals surface area contributed by atoms with Gasteiger partial charge in [0.15, 0.2) is 10.8 Å². The third-order valence-electron chi connectivity index (χ3n) is 3.87. The van der Waals surface area contributed by atoms with E-state index in [4.69, 9.17) is 8.94 Å². The van der Waals surface area contributed by atoms with Crippen LogP contribution in [0.3, 0.4) is 0 Å². The van der Waals surface area contributed by atoms with Crippen molar-refractivity contribution < 1.29 is 13.7 Å². The van der Waals surface area contributed by atoms with Crippen LogP contribution in [0.5, 0.6) is 0 Å². The smallest absolute Gasteiger partial charge is 0.277 e. The van der Waals surface area contributed by atoms with Gasteiger partial charge in [-0.25, -0.2) is 4.98 Å². The van der Waals surface area contributed by atoms with Gasteiger partial charge in [-0.1, -0.05) is 36.3 Å². The van der Waals surface area contributed by atoms with Gasteiger partial charge in [0.05, 0.1) is 6.26 Å². The van der Waals surface area contributed by atoms with Gasteiger partial charge < -0.3 is 8.94 Å². The highest BCUT2D eigenvalue weighted by Gasteiger charge is 2.16. The molecular weight excluding hydrogens is 350 g/mol. The molecule has 0 unspecified atom stereocenters. The number of carbonyl (C=O) groups is 1. The predicted octanol–water partition coefficient (Wildman–Crippen LogP) is 4.87. The molecule has 7 heteroatoms. The van der Waals surface area contributed by atoms with Crippen LogP contribution >= 0.6 is 11.3 Å². The molecule has 0 aliphatic rings. The average Bonchev–Trinajstić information content (AvgIpc) is 3.41. The SMILES string of the molecule is CCc1ccc(-c2cc(NC(=O)c3csc(-c4ccco4)n3)on2)cc1. The largest absolute Gasteiger partial charge is 0.462 e. The fourth-order valence-corrected chi connectivity index (χ4v) is 3.22. The molecule has 4 rings (SSSR count). The lowest BCUT2D eigenvalue weighted by molar-refractivity contribution is 0.102. The maximum atomic E-state index is 12.3. The third kappa shape index (κ3) is 3.29. The van der Waals surface area contributed by atoms with E-state index in [-0.39, 0.29) is 11.8 Å². The van der Waals surface area contributed by atoms with Crippen LogP contribution in [0, 0.1) is 0 Å². The maximum absolute atomic E-state index is 12.3. The number of nitrogens with zero attached hydrogens (tertiary/aromatic N) is 2. The first-order chi connectivity index (χ1) is 12.7. The van der Waals surface area contributed by atoms with Gasteiger partial charge in [-0.05, 0) is 24.1 Å². The molecule has 0 fully saturated rings. The minimum Gasteiger partial charge on any atom is -0.462 e. The summed E-state index contributed by atoms with van der Waals surface area (Å²) < 4.78 is 10.5. The Labute approximate surface area is 153 Å². The normalized spacial score (nSPS) is 10.8. The molecule has 0 radical (unpaired) electrons. The Kier molecular flexibility index (Phi) is 4.37. The summed E-state index contributed by atoms with van der Waals surface area (Å²) in [6, 6.07) is 13.3. The van der Waals surface area contributed by atoms with Crippen LogP contribution in [0.25, 0.3) is 22.0 Å². The third-order valence-corrected chi connectivity index (χ3v) is 4.73. The molecule has 3 heterocycles. The van der Waals surface area contributed by atoms with Crippen molar-refractivity contribution >= 4 is 23.1 Å². The topological polar surface area (TPSA) is 81.2 Å². The highest BCUT2D eigenvalue weighted by Crippen LogP contribution is 2.25. The molecule has 4 aromatic rings. The van der Waals surface area contributed by atoms with Gasteiger partial charge in [-0.2, -0.15) is 0 Å². The summed E-state index contributed by atoms with van der Waals surface area (Å²) in [7, 11) is 0. The number of thiazole rings is 1. The number of furan rings is 1. The number of hydrogen-bond donors (Lipinski definition) is 1.